The minimum Gasteiger partial charge on any atom is -0.488 e. The SMILES string of the molecule is CC(C)(CC1CCC(Oc2ccc(Cl)cc2NC(=O)c2cnn3cc(C=O)cnc23)CC1)[Si](C)(C)O. The van der Waals surface area contributed by atoms with Crippen molar-refractivity contribution in [1.29, 1.82) is 0 Å². The summed E-state index contributed by atoms with van der Waals surface area (Å²) in [5.41, 5.74) is 1.46. The van der Waals surface area contributed by atoms with E-state index in [4.69, 9.17) is 16.3 Å². The molecule has 2 N–H and O–H groups in total. The van der Waals surface area contributed by atoms with E-state index in [9.17, 15) is 14.4 Å². The van der Waals surface area contributed by atoms with Crippen molar-refractivity contribution in [2.45, 2.75) is 70.2 Å². The Kier molecular flexibility index (Phi) is 7.54. The number of nitrogens with zero attached hydrogens (tertiary/aromatic N) is 3. The van der Waals surface area contributed by atoms with Crippen LogP contribution in [0, 0.1) is 5.92 Å². The average molecular weight is 529 g/mol. The van der Waals surface area contributed by atoms with Gasteiger partial charge < -0.3 is 14.8 Å². The van der Waals surface area contributed by atoms with Gasteiger partial charge in [0.2, 0.25) is 0 Å². The lowest BCUT2D eigenvalue weighted by Gasteiger charge is -2.40. The summed E-state index contributed by atoms with van der Waals surface area (Å²) < 4.78 is 7.73. The summed E-state index contributed by atoms with van der Waals surface area (Å²) in [6.07, 6.45) is 10.00. The molecular formula is C26H33ClN4O4Si. The number of halogens is 1. The van der Waals surface area contributed by atoms with Gasteiger partial charge in [-0.3, -0.25) is 9.59 Å². The molecular weight excluding hydrogens is 496 g/mol. The van der Waals surface area contributed by atoms with E-state index in [-0.39, 0.29) is 16.7 Å². The maximum atomic E-state index is 13.1. The third-order valence-corrected chi connectivity index (χ3v) is 11.2. The Hall–Kier alpha value is -2.75. The van der Waals surface area contributed by atoms with Crippen LogP contribution in [0.2, 0.25) is 23.2 Å². The van der Waals surface area contributed by atoms with Crippen molar-refractivity contribution in [3.05, 3.63) is 52.9 Å². The van der Waals surface area contributed by atoms with Crippen molar-refractivity contribution in [1.82, 2.24) is 14.6 Å². The Morgan fingerprint density at radius 1 is 1.28 bits per heavy atom. The standard InChI is InChI=1S/C26H33ClN4O4Si/c1-26(2,36(3,4)34)12-17-5-8-20(9-6-17)35-23-10-7-19(27)11-22(23)30-25(33)21-14-29-31-15-18(16-32)13-28-24(21)31/h7,10-11,13-17,20,34H,5-6,8-9,12H2,1-4H3,(H,30,33). The first-order valence-electron chi connectivity index (χ1n) is 12.3. The van der Waals surface area contributed by atoms with Crippen molar-refractivity contribution in [2.24, 2.45) is 5.92 Å². The number of hydrogen-bond acceptors (Lipinski definition) is 6. The Balaban J connectivity index is 1.43. The molecule has 3 aromatic rings. The monoisotopic (exact) mass is 528 g/mol. The summed E-state index contributed by atoms with van der Waals surface area (Å²) in [5.74, 6) is 0.740. The molecule has 0 aliphatic heterocycles. The molecule has 1 fully saturated rings. The van der Waals surface area contributed by atoms with E-state index in [0.717, 1.165) is 32.1 Å². The Morgan fingerprint density at radius 3 is 2.67 bits per heavy atom. The fourth-order valence-corrected chi connectivity index (χ4v) is 5.57. The van der Waals surface area contributed by atoms with E-state index in [1.807, 2.05) is 13.1 Å². The highest BCUT2D eigenvalue weighted by atomic mass is 35.5. The maximum Gasteiger partial charge on any atom is 0.261 e. The zero-order valence-corrected chi connectivity index (χ0v) is 22.9. The van der Waals surface area contributed by atoms with E-state index in [1.165, 1.54) is 23.1 Å². The molecule has 0 bridgehead atoms. The molecule has 8 nitrogen and oxygen atoms in total. The first kappa shape index (κ1) is 26.3. The lowest BCUT2D eigenvalue weighted by atomic mass is 9.82. The fourth-order valence-electron chi connectivity index (χ4n) is 4.61. The van der Waals surface area contributed by atoms with Crippen molar-refractivity contribution in [3.8, 4) is 5.75 Å². The van der Waals surface area contributed by atoms with Crippen molar-refractivity contribution >= 4 is 43.4 Å². The highest BCUT2D eigenvalue weighted by Gasteiger charge is 2.40. The number of aromatic nitrogens is 3. The van der Waals surface area contributed by atoms with Crippen LogP contribution in [0.25, 0.3) is 5.65 Å². The number of anilines is 1. The van der Waals surface area contributed by atoms with Crippen molar-refractivity contribution in [2.75, 3.05) is 5.32 Å². The molecule has 0 atom stereocenters. The lowest BCUT2D eigenvalue weighted by Crippen LogP contribution is -2.40. The maximum absolute atomic E-state index is 13.1. The summed E-state index contributed by atoms with van der Waals surface area (Å²) in [4.78, 5) is 38.9. The average Bonchev–Trinajstić information content (AvgIpc) is 3.24. The highest BCUT2D eigenvalue weighted by molar-refractivity contribution is 6.72. The number of fused-ring (bicyclic) bond motifs is 1. The van der Waals surface area contributed by atoms with E-state index >= 15 is 0 Å². The molecule has 0 spiro atoms. The van der Waals surface area contributed by atoms with Gasteiger partial charge in [0.1, 0.15) is 11.3 Å². The van der Waals surface area contributed by atoms with E-state index < -0.39 is 14.2 Å². The molecule has 192 valence electrons. The van der Waals surface area contributed by atoms with Crippen LogP contribution in [0.5, 0.6) is 5.75 Å². The van der Waals surface area contributed by atoms with Crippen LogP contribution in [-0.2, 0) is 0 Å². The highest BCUT2D eigenvalue weighted by Crippen LogP contribution is 2.45. The minimum atomic E-state index is -2.23. The van der Waals surface area contributed by atoms with Gasteiger partial charge in [-0.25, -0.2) is 9.50 Å². The number of carbonyl (C=O) groups excluding carboxylic acids is 2. The van der Waals surface area contributed by atoms with Gasteiger partial charge in [-0.2, -0.15) is 5.10 Å². The Bertz CT molecular complexity index is 1260. The van der Waals surface area contributed by atoms with Gasteiger partial charge in [0.25, 0.3) is 5.91 Å². The number of nitrogens with one attached hydrogen (secondary N) is 1. The van der Waals surface area contributed by atoms with E-state index in [2.05, 4.69) is 29.2 Å². The molecule has 1 amide bonds. The predicted octanol–water partition coefficient (Wildman–Crippen LogP) is 5.75. The fraction of sp³-hybridized carbons (Fsp3) is 0.462. The number of hydrogen-bond donors (Lipinski definition) is 2. The number of aldehydes is 1. The van der Waals surface area contributed by atoms with Crippen LogP contribution in [0.1, 0.15) is 66.7 Å². The largest absolute Gasteiger partial charge is 0.488 e. The normalized spacial score (nSPS) is 18.7. The Morgan fingerprint density at radius 2 is 2.00 bits per heavy atom. The van der Waals surface area contributed by atoms with Gasteiger partial charge in [-0.1, -0.05) is 25.4 Å². The van der Waals surface area contributed by atoms with E-state index in [0.29, 0.717) is 39.9 Å². The van der Waals surface area contributed by atoms with Gasteiger partial charge >= 0.3 is 0 Å². The quantitative estimate of drug-likeness (QED) is 0.285. The first-order valence-corrected chi connectivity index (χ1v) is 15.6. The summed E-state index contributed by atoms with van der Waals surface area (Å²) in [7, 11) is -2.23. The molecule has 1 aliphatic carbocycles. The lowest BCUT2D eigenvalue weighted by molar-refractivity contribution is 0.102. The predicted molar refractivity (Wildman–Crippen MR) is 143 cm³/mol. The van der Waals surface area contributed by atoms with Crippen LogP contribution in [0.3, 0.4) is 0 Å². The number of ether oxygens (including phenoxy) is 1. The molecule has 10 heteroatoms. The zero-order valence-electron chi connectivity index (χ0n) is 21.1. The molecule has 4 rings (SSSR count). The molecule has 2 heterocycles. The molecule has 2 aromatic heterocycles. The number of benzene rings is 1. The molecule has 0 radical (unpaired) electrons. The first-order chi connectivity index (χ1) is 17.0. The third-order valence-electron chi connectivity index (χ3n) is 7.49. The molecule has 0 unspecified atom stereocenters. The zero-order chi connectivity index (χ0) is 26.1. The van der Waals surface area contributed by atoms with Crippen LogP contribution < -0.4 is 10.1 Å². The number of amides is 1. The smallest absolute Gasteiger partial charge is 0.261 e. The second-order valence-electron chi connectivity index (χ2n) is 10.8. The van der Waals surface area contributed by atoms with Crippen molar-refractivity contribution < 1.29 is 19.1 Å². The second-order valence-corrected chi connectivity index (χ2v) is 15.7. The topological polar surface area (TPSA) is 106 Å². The van der Waals surface area contributed by atoms with Crippen molar-refractivity contribution in [3.63, 3.8) is 0 Å². The van der Waals surface area contributed by atoms with Crippen LogP contribution in [0.15, 0.2) is 36.8 Å². The summed E-state index contributed by atoms with van der Waals surface area (Å²) in [6, 6.07) is 5.19. The molecule has 36 heavy (non-hydrogen) atoms. The molecule has 1 aliphatic rings. The van der Waals surface area contributed by atoms with Crippen LogP contribution >= 0.6 is 11.6 Å². The summed E-state index contributed by atoms with van der Waals surface area (Å²) in [5, 5.41) is 7.47. The molecule has 1 saturated carbocycles. The van der Waals surface area contributed by atoms with E-state index in [1.54, 1.807) is 18.2 Å². The molecule has 0 saturated heterocycles. The summed E-state index contributed by atoms with van der Waals surface area (Å²) in [6.45, 7) is 8.41. The van der Waals surface area contributed by atoms with Gasteiger partial charge in [-0.05, 0) is 74.4 Å². The van der Waals surface area contributed by atoms with Gasteiger partial charge in [0, 0.05) is 17.4 Å². The van der Waals surface area contributed by atoms with Gasteiger partial charge in [0.05, 0.1) is 23.6 Å². The Labute approximate surface area is 217 Å². The van der Waals surface area contributed by atoms with Crippen LogP contribution in [-0.4, -0.2) is 46.0 Å². The minimum absolute atomic E-state index is 0.0270. The van der Waals surface area contributed by atoms with Gasteiger partial charge in [0.15, 0.2) is 20.3 Å². The third kappa shape index (κ3) is 5.79. The summed E-state index contributed by atoms with van der Waals surface area (Å²) >= 11 is 6.23. The number of carbonyl (C=O) groups is 2. The number of rotatable bonds is 8. The van der Waals surface area contributed by atoms with Crippen LogP contribution in [0.4, 0.5) is 5.69 Å². The molecule has 1 aromatic carbocycles. The van der Waals surface area contributed by atoms with Gasteiger partial charge in [-0.15, -0.1) is 0 Å². The second kappa shape index (κ2) is 10.3.